The molecule has 0 aromatic heterocycles. The number of hydrogen-bond donors (Lipinski definition) is 0. The Morgan fingerprint density at radius 3 is 2.25 bits per heavy atom. The highest BCUT2D eigenvalue weighted by Crippen LogP contribution is 2.37. The largest absolute Gasteiger partial charge is 0.493 e. The second-order valence-electron chi connectivity index (χ2n) is 4.15. The van der Waals surface area contributed by atoms with E-state index in [9.17, 15) is 8.78 Å². The Hall–Kier alpha value is -1.81. The summed E-state index contributed by atoms with van der Waals surface area (Å²) in [5, 5.41) is -0.814. The Morgan fingerprint density at radius 2 is 1.65 bits per heavy atom. The van der Waals surface area contributed by atoms with Gasteiger partial charge in [-0.2, -0.15) is 0 Å². The molecule has 0 aliphatic heterocycles. The molecule has 1 atom stereocenters. The average molecular weight is 299 g/mol. The van der Waals surface area contributed by atoms with Crippen molar-refractivity contribution in [1.82, 2.24) is 0 Å². The van der Waals surface area contributed by atoms with Crippen LogP contribution in [0.4, 0.5) is 8.78 Å². The molecule has 106 valence electrons. The SMILES string of the molecule is COc1cc(F)c(C(Cl)c2cccc(F)c2)cc1OC. The van der Waals surface area contributed by atoms with Gasteiger partial charge in [0.2, 0.25) is 0 Å². The van der Waals surface area contributed by atoms with Gasteiger partial charge in [-0.1, -0.05) is 12.1 Å². The van der Waals surface area contributed by atoms with Crippen LogP contribution in [0.15, 0.2) is 36.4 Å². The highest BCUT2D eigenvalue weighted by molar-refractivity contribution is 6.22. The highest BCUT2D eigenvalue weighted by atomic mass is 35.5. The third-order valence-electron chi connectivity index (χ3n) is 2.92. The molecule has 0 N–H and O–H groups in total. The van der Waals surface area contributed by atoms with Crippen molar-refractivity contribution in [2.75, 3.05) is 14.2 Å². The molecule has 0 aliphatic rings. The number of rotatable bonds is 4. The molecule has 0 saturated heterocycles. The molecule has 0 spiro atoms. The van der Waals surface area contributed by atoms with E-state index >= 15 is 0 Å². The highest BCUT2D eigenvalue weighted by Gasteiger charge is 2.19. The van der Waals surface area contributed by atoms with Crippen LogP contribution in [0, 0.1) is 11.6 Å². The fourth-order valence-corrected chi connectivity index (χ4v) is 2.21. The molecular formula is C15H13ClF2O2. The summed E-state index contributed by atoms with van der Waals surface area (Å²) in [6.45, 7) is 0. The van der Waals surface area contributed by atoms with Gasteiger partial charge >= 0.3 is 0 Å². The van der Waals surface area contributed by atoms with E-state index in [1.807, 2.05) is 0 Å². The Bertz CT molecular complexity index is 617. The van der Waals surface area contributed by atoms with E-state index in [-0.39, 0.29) is 11.3 Å². The van der Waals surface area contributed by atoms with Crippen LogP contribution in [-0.4, -0.2) is 14.2 Å². The van der Waals surface area contributed by atoms with Crippen LogP contribution in [0.3, 0.4) is 0 Å². The topological polar surface area (TPSA) is 18.5 Å². The number of alkyl halides is 1. The van der Waals surface area contributed by atoms with Gasteiger partial charge in [-0.25, -0.2) is 8.78 Å². The van der Waals surface area contributed by atoms with Gasteiger partial charge in [0.1, 0.15) is 11.6 Å². The molecular weight excluding hydrogens is 286 g/mol. The molecule has 2 aromatic carbocycles. The first-order chi connectivity index (χ1) is 9.56. The van der Waals surface area contributed by atoms with Gasteiger partial charge in [0, 0.05) is 11.6 Å². The molecule has 5 heteroatoms. The molecule has 0 aliphatic carbocycles. The van der Waals surface area contributed by atoms with Gasteiger partial charge < -0.3 is 9.47 Å². The minimum Gasteiger partial charge on any atom is -0.493 e. The van der Waals surface area contributed by atoms with Crippen molar-refractivity contribution in [3.8, 4) is 11.5 Å². The Morgan fingerprint density at radius 1 is 1.00 bits per heavy atom. The van der Waals surface area contributed by atoms with E-state index in [1.165, 1.54) is 44.6 Å². The summed E-state index contributed by atoms with van der Waals surface area (Å²) in [6.07, 6.45) is 0. The lowest BCUT2D eigenvalue weighted by Gasteiger charge is -2.15. The van der Waals surface area contributed by atoms with E-state index in [0.29, 0.717) is 11.3 Å². The molecule has 20 heavy (non-hydrogen) atoms. The molecule has 1 unspecified atom stereocenters. The Labute approximate surface area is 120 Å². The summed E-state index contributed by atoms with van der Waals surface area (Å²) in [6, 6.07) is 8.39. The normalized spacial score (nSPS) is 12.1. The Balaban J connectivity index is 2.46. The molecule has 0 amide bonds. The summed E-state index contributed by atoms with van der Waals surface area (Å²) >= 11 is 6.23. The third-order valence-corrected chi connectivity index (χ3v) is 3.40. The lowest BCUT2D eigenvalue weighted by molar-refractivity contribution is 0.351. The van der Waals surface area contributed by atoms with Gasteiger partial charge in [-0.15, -0.1) is 11.6 Å². The zero-order chi connectivity index (χ0) is 14.7. The van der Waals surface area contributed by atoms with E-state index in [2.05, 4.69) is 0 Å². The van der Waals surface area contributed by atoms with Crippen LogP contribution in [0.5, 0.6) is 11.5 Å². The standard InChI is InChI=1S/C15H13ClF2O2/c1-19-13-7-11(12(18)8-14(13)20-2)15(16)9-4-3-5-10(17)6-9/h3-8,15H,1-2H3. The average Bonchev–Trinajstić information content (AvgIpc) is 2.46. The van der Waals surface area contributed by atoms with Crippen LogP contribution in [-0.2, 0) is 0 Å². The number of hydrogen-bond acceptors (Lipinski definition) is 2. The second kappa shape index (κ2) is 6.09. The van der Waals surface area contributed by atoms with Gasteiger partial charge in [-0.3, -0.25) is 0 Å². The zero-order valence-corrected chi connectivity index (χ0v) is 11.7. The van der Waals surface area contributed by atoms with Gasteiger partial charge in [0.15, 0.2) is 11.5 Å². The minimum atomic E-state index is -0.814. The monoisotopic (exact) mass is 298 g/mol. The van der Waals surface area contributed by atoms with Crippen molar-refractivity contribution in [1.29, 1.82) is 0 Å². The smallest absolute Gasteiger partial charge is 0.163 e. The molecule has 0 fully saturated rings. The van der Waals surface area contributed by atoms with Crippen LogP contribution in [0.25, 0.3) is 0 Å². The maximum Gasteiger partial charge on any atom is 0.163 e. The first-order valence-electron chi connectivity index (χ1n) is 5.87. The summed E-state index contributed by atoms with van der Waals surface area (Å²) in [7, 11) is 2.87. The van der Waals surface area contributed by atoms with E-state index in [4.69, 9.17) is 21.1 Å². The van der Waals surface area contributed by atoms with Gasteiger partial charge in [0.05, 0.1) is 19.6 Å². The van der Waals surface area contributed by atoms with Crippen molar-refractivity contribution in [2.24, 2.45) is 0 Å². The van der Waals surface area contributed by atoms with Crippen molar-refractivity contribution >= 4 is 11.6 Å². The number of methoxy groups -OCH3 is 2. The van der Waals surface area contributed by atoms with Gasteiger partial charge in [0.25, 0.3) is 0 Å². The molecule has 2 rings (SSSR count). The molecule has 0 bridgehead atoms. The van der Waals surface area contributed by atoms with Gasteiger partial charge in [-0.05, 0) is 23.8 Å². The predicted octanol–water partition coefficient (Wildman–Crippen LogP) is 4.31. The zero-order valence-electron chi connectivity index (χ0n) is 11.0. The lowest BCUT2D eigenvalue weighted by Crippen LogP contribution is -2.00. The van der Waals surface area contributed by atoms with Crippen molar-refractivity contribution in [2.45, 2.75) is 5.38 Å². The maximum atomic E-state index is 14.1. The molecule has 0 saturated carbocycles. The maximum absolute atomic E-state index is 14.1. The van der Waals surface area contributed by atoms with E-state index < -0.39 is 17.0 Å². The first-order valence-corrected chi connectivity index (χ1v) is 6.31. The summed E-state index contributed by atoms with van der Waals surface area (Å²) in [5.74, 6) is -0.316. The lowest BCUT2D eigenvalue weighted by atomic mass is 10.0. The van der Waals surface area contributed by atoms with Crippen LogP contribution < -0.4 is 9.47 Å². The fourth-order valence-electron chi connectivity index (χ4n) is 1.91. The first kappa shape index (κ1) is 14.6. The van der Waals surface area contributed by atoms with E-state index in [1.54, 1.807) is 6.07 Å². The summed E-state index contributed by atoms with van der Waals surface area (Å²) in [4.78, 5) is 0. The van der Waals surface area contributed by atoms with E-state index in [0.717, 1.165) is 0 Å². The third kappa shape index (κ3) is 2.85. The molecule has 2 nitrogen and oxygen atoms in total. The second-order valence-corrected chi connectivity index (χ2v) is 4.58. The molecule has 2 aromatic rings. The van der Waals surface area contributed by atoms with Crippen LogP contribution >= 0.6 is 11.6 Å². The van der Waals surface area contributed by atoms with Crippen LogP contribution in [0.1, 0.15) is 16.5 Å². The number of halogens is 3. The number of ether oxygens (including phenoxy) is 2. The summed E-state index contributed by atoms with van der Waals surface area (Å²) in [5.41, 5.74) is 0.674. The summed E-state index contributed by atoms with van der Waals surface area (Å²) < 4.78 is 37.4. The molecule has 0 heterocycles. The Kier molecular flexibility index (Phi) is 4.45. The minimum absolute atomic E-state index is 0.204. The number of benzene rings is 2. The quantitative estimate of drug-likeness (QED) is 0.783. The molecule has 0 radical (unpaired) electrons. The van der Waals surface area contributed by atoms with Crippen LogP contribution in [0.2, 0.25) is 0 Å². The van der Waals surface area contributed by atoms with Crippen molar-refractivity contribution in [3.05, 3.63) is 59.2 Å². The van der Waals surface area contributed by atoms with Crippen molar-refractivity contribution < 1.29 is 18.3 Å². The predicted molar refractivity (Wildman–Crippen MR) is 73.6 cm³/mol. The van der Waals surface area contributed by atoms with Crippen molar-refractivity contribution in [3.63, 3.8) is 0 Å². The fraction of sp³-hybridized carbons (Fsp3) is 0.200.